The summed E-state index contributed by atoms with van der Waals surface area (Å²) >= 11 is 0. The van der Waals surface area contributed by atoms with Gasteiger partial charge >= 0.3 is 0 Å². The molecule has 0 aromatic rings. The highest BCUT2D eigenvalue weighted by molar-refractivity contribution is 5.81. The molecule has 3 atom stereocenters. The molecular formula is C12H22N2O2. The molecule has 4 heteroatoms. The van der Waals surface area contributed by atoms with E-state index in [2.05, 4.69) is 17.6 Å². The lowest BCUT2D eigenvalue weighted by atomic mass is 9.99. The molecule has 3 unspecified atom stereocenters. The molecule has 2 heterocycles. The molecule has 0 bridgehead atoms. The van der Waals surface area contributed by atoms with Gasteiger partial charge in [0.05, 0.1) is 12.6 Å². The van der Waals surface area contributed by atoms with Crippen LogP contribution in [0.1, 0.15) is 32.6 Å². The normalized spacial score (nSPS) is 34.9. The van der Waals surface area contributed by atoms with Crippen molar-refractivity contribution in [3.05, 3.63) is 0 Å². The maximum atomic E-state index is 11.9. The van der Waals surface area contributed by atoms with Gasteiger partial charge in [0.25, 0.3) is 0 Å². The van der Waals surface area contributed by atoms with Gasteiger partial charge in [0.15, 0.2) is 0 Å². The zero-order valence-corrected chi connectivity index (χ0v) is 10.00. The number of carbonyl (C=O) groups is 1. The van der Waals surface area contributed by atoms with E-state index < -0.39 is 0 Å². The molecule has 2 N–H and O–H groups in total. The van der Waals surface area contributed by atoms with E-state index in [1.807, 2.05) is 0 Å². The van der Waals surface area contributed by atoms with E-state index in [0.717, 1.165) is 39.0 Å². The van der Waals surface area contributed by atoms with Crippen LogP contribution >= 0.6 is 0 Å². The van der Waals surface area contributed by atoms with Crippen LogP contribution in [0.25, 0.3) is 0 Å². The van der Waals surface area contributed by atoms with Crippen LogP contribution in [0.2, 0.25) is 0 Å². The van der Waals surface area contributed by atoms with Crippen molar-refractivity contribution in [1.82, 2.24) is 10.6 Å². The predicted octanol–water partition coefficient (Wildman–Crippen LogP) is 0.670. The van der Waals surface area contributed by atoms with Gasteiger partial charge in [-0.05, 0) is 32.6 Å². The second-order valence-corrected chi connectivity index (χ2v) is 5.03. The number of hydrogen-bond acceptors (Lipinski definition) is 3. The Bertz CT molecular complexity index is 239. The van der Waals surface area contributed by atoms with Gasteiger partial charge in [-0.25, -0.2) is 0 Å². The fraction of sp³-hybridized carbons (Fsp3) is 0.917. The second kappa shape index (κ2) is 5.64. The Morgan fingerprint density at radius 1 is 1.44 bits per heavy atom. The number of amides is 1. The Morgan fingerprint density at radius 2 is 2.31 bits per heavy atom. The third kappa shape index (κ3) is 3.19. The number of rotatable bonds is 3. The average Bonchev–Trinajstić information content (AvgIpc) is 2.78. The van der Waals surface area contributed by atoms with Crippen LogP contribution < -0.4 is 10.6 Å². The molecule has 92 valence electrons. The predicted molar refractivity (Wildman–Crippen MR) is 62.2 cm³/mol. The van der Waals surface area contributed by atoms with Gasteiger partial charge in [0, 0.05) is 25.1 Å². The smallest absolute Gasteiger partial charge is 0.237 e. The van der Waals surface area contributed by atoms with E-state index in [1.54, 1.807) is 0 Å². The first-order valence-corrected chi connectivity index (χ1v) is 6.37. The van der Waals surface area contributed by atoms with E-state index in [1.165, 1.54) is 6.42 Å². The fourth-order valence-corrected chi connectivity index (χ4v) is 2.46. The van der Waals surface area contributed by atoms with E-state index >= 15 is 0 Å². The average molecular weight is 226 g/mol. The molecule has 16 heavy (non-hydrogen) atoms. The summed E-state index contributed by atoms with van der Waals surface area (Å²) in [7, 11) is 0. The minimum absolute atomic E-state index is 0.0195. The first kappa shape index (κ1) is 11.9. The van der Waals surface area contributed by atoms with Gasteiger partial charge in [-0.2, -0.15) is 0 Å². The number of hydrogen-bond donors (Lipinski definition) is 2. The van der Waals surface area contributed by atoms with Gasteiger partial charge in [0.2, 0.25) is 5.91 Å². The molecule has 4 nitrogen and oxygen atoms in total. The summed E-state index contributed by atoms with van der Waals surface area (Å²) in [6.07, 6.45) is 4.38. The van der Waals surface area contributed by atoms with Crippen molar-refractivity contribution in [2.75, 3.05) is 19.8 Å². The maximum absolute atomic E-state index is 11.9. The molecule has 2 aliphatic heterocycles. The highest BCUT2D eigenvalue weighted by Crippen LogP contribution is 2.13. The van der Waals surface area contributed by atoms with Gasteiger partial charge in [-0.3, -0.25) is 4.79 Å². The topological polar surface area (TPSA) is 50.4 Å². The molecule has 0 aromatic carbocycles. The third-order valence-corrected chi connectivity index (χ3v) is 3.52. The molecule has 2 rings (SSSR count). The Hall–Kier alpha value is -0.610. The lowest BCUT2D eigenvalue weighted by Crippen LogP contribution is -2.50. The zero-order chi connectivity index (χ0) is 11.4. The Labute approximate surface area is 97.1 Å². The molecule has 0 saturated carbocycles. The van der Waals surface area contributed by atoms with Gasteiger partial charge in [-0.1, -0.05) is 0 Å². The summed E-state index contributed by atoms with van der Waals surface area (Å²) in [4.78, 5) is 11.9. The molecule has 0 aliphatic carbocycles. The van der Waals surface area contributed by atoms with E-state index in [0.29, 0.717) is 12.0 Å². The lowest BCUT2D eigenvalue weighted by Gasteiger charge is -2.28. The molecule has 0 aromatic heterocycles. The van der Waals surface area contributed by atoms with Crippen molar-refractivity contribution in [3.63, 3.8) is 0 Å². The molecular weight excluding hydrogens is 204 g/mol. The van der Waals surface area contributed by atoms with Crippen LogP contribution in [-0.2, 0) is 9.53 Å². The minimum Gasteiger partial charge on any atom is -0.381 e. The zero-order valence-electron chi connectivity index (χ0n) is 10.00. The Kier molecular flexibility index (Phi) is 4.18. The summed E-state index contributed by atoms with van der Waals surface area (Å²) in [5, 5.41) is 6.38. The van der Waals surface area contributed by atoms with Crippen molar-refractivity contribution in [2.24, 2.45) is 5.92 Å². The fourth-order valence-electron chi connectivity index (χ4n) is 2.46. The standard InChI is InChI=1S/C12H22N2O2/c1-9-3-2-4-11(14-9)12(15)13-7-10-5-6-16-8-10/h9-11,14H,2-8H2,1H3,(H,13,15). The van der Waals surface area contributed by atoms with E-state index in [-0.39, 0.29) is 11.9 Å². The van der Waals surface area contributed by atoms with Gasteiger partial charge in [0.1, 0.15) is 0 Å². The van der Waals surface area contributed by atoms with Crippen molar-refractivity contribution in [1.29, 1.82) is 0 Å². The first-order valence-electron chi connectivity index (χ1n) is 6.37. The highest BCUT2D eigenvalue weighted by Gasteiger charge is 2.25. The van der Waals surface area contributed by atoms with Crippen molar-refractivity contribution in [2.45, 2.75) is 44.7 Å². The lowest BCUT2D eigenvalue weighted by molar-refractivity contribution is -0.124. The summed E-state index contributed by atoms with van der Waals surface area (Å²) in [6, 6.07) is 0.491. The monoisotopic (exact) mass is 226 g/mol. The Morgan fingerprint density at radius 3 is 3.00 bits per heavy atom. The number of ether oxygens (including phenoxy) is 1. The molecule has 0 spiro atoms. The second-order valence-electron chi connectivity index (χ2n) is 5.03. The van der Waals surface area contributed by atoms with Crippen LogP contribution in [0.3, 0.4) is 0 Å². The minimum atomic E-state index is 0.0195. The summed E-state index contributed by atoms with van der Waals surface area (Å²) in [6.45, 7) is 4.56. The van der Waals surface area contributed by atoms with E-state index in [4.69, 9.17) is 4.74 Å². The van der Waals surface area contributed by atoms with Crippen molar-refractivity contribution < 1.29 is 9.53 Å². The van der Waals surface area contributed by atoms with Crippen molar-refractivity contribution in [3.8, 4) is 0 Å². The largest absolute Gasteiger partial charge is 0.381 e. The van der Waals surface area contributed by atoms with E-state index in [9.17, 15) is 4.79 Å². The Balaban J connectivity index is 1.70. The quantitative estimate of drug-likeness (QED) is 0.743. The molecule has 0 radical (unpaired) electrons. The summed E-state index contributed by atoms with van der Waals surface area (Å²) < 4.78 is 5.28. The molecule has 2 fully saturated rings. The number of carbonyl (C=O) groups excluding carboxylic acids is 1. The van der Waals surface area contributed by atoms with Crippen molar-refractivity contribution >= 4 is 5.91 Å². The summed E-state index contributed by atoms with van der Waals surface area (Å²) in [5.74, 6) is 0.684. The summed E-state index contributed by atoms with van der Waals surface area (Å²) in [5.41, 5.74) is 0. The van der Waals surface area contributed by atoms with Crippen LogP contribution in [0, 0.1) is 5.92 Å². The van der Waals surface area contributed by atoms with Crippen LogP contribution in [0.4, 0.5) is 0 Å². The van der Waals surface area contributed by atoms with Crippen LogP contribution in [0.5, 0.6) is 0 Å². The highest BCUT2D eigenvalue weighted by atomic mass is 16.5. The third-order valence-electron chi connectivity index (χ3n) is 3.52. The number of piperidine rings is 1. The van der Waals surface area contributed by atoms with Crippen LogP contribution in [0.15, 0.2) is 0 Å². The molecule has 2 saturated heterocycles. The van der Waals surface area contributed by atoms with Crippen LogP contribution in [-0.4, -0.2) is 37.7 Å². The molecule has 1 amide bonds. The first-order chi connectivity index (χ1) is 7.75. The SMILES string of the molecule is CC1CCCC(C(=O)NCC2CCOC2)N1. The van der Waals surface area contributed by atoms with Gasteiger partial charge < -0.3 is 15.4 Å². The molecule has 2 aliphatic rings. The number of nitrogens with one attached hydrogen (secondary N) is 2. The maximum Gasteiger partial charge on any atom is 0.237 e. The van der Waals surface area contributed by atoms with Gasteiger partial charge in [-0.15, -0.1) is 0 Å².